The van der Waals surface area contributed by atoms with Gasteiger partial charge in [-0.2, -0.15) is 0 Å². The SMILES string of the molecule is C=C(C)C(=O)OCCC(=O)OCCOC(=O)C(C)CC. The minimum Gasteiger partial charge on any atom is -0.462 e. The number of hydrogen-bond donors (Lipinski definition) is 0. The standard InChI is InChI=1S/C14H22O6/c1-5-11(4)14(17)20-9-8-18-12(15)6-7-19-13(16)10(2)3/h11H,2,5-9H2,1,3-4H3. The molecular formula is C14H22O6. The van der Waals surface area contributed by atoms with E-state index in [1.807, 2.05) is 6.92 Å². The fraction of sp³-hybridized carbons (Fsp3) is 0.643. The molecule has 0 aromatic heterocycles. The van der Waals surface area contributed by atoms with E-state index < -0.39 is 11.9 Å². The van der Waals surface area contributed by atoms with Gasteiger partial charge in [0.15, 0.2) is 0 Å². The molecule has 0 radical (unpaired) electrons. The quantitative estimate of drug-likeness (QED) is 0.277. The predicted molar refractivity (Wildman–Crippen MR) is 71.8 cm³/mol. The number of rotatable bonds is 9. The summed E-state index contributed by atoms with van der Waals surface area (Å²) in [5.41, 5.74) is 0.273. The van der Waals surface area contributed by atoms with Crippen molar-refractivity contribution in [2.45, 2.75) is 33.6 Å². The normalized spacial score (nSPS) is 11.3. The van der Waals surface area contributed by atoms with E-state index in [0.29, 0.717) is 6.42 Å². The molecule has 0 aliphatic rings. The molecule has 0 rings (SSSR count). The highest BCUT2D eigenvalue weighted by Crippen LogP contribution is 2.02. The molecule has 114 valence electrons. The first-order valence-electron chi connectivity index (χ1n) is 6.53. The van der Waals surface area contributed by atoms with E-state index in [1.165, 1.54) is 6.92 Å². The summed E-state index contributed by atoms with van der Waals surface area (Å²) in [5, 5.41) is 0. The molecule has 20 heavy (non-hydrogen) atoms. The van der Waals surface area contributed by atoms with Crippen molar-refractivity contribution in [1.82, 2.24) is 0 Å². The topological polar surface area (TPSA) is 78.9 Å². The Morgan fingerprint density at radius 2 is 1.65 bits per heavy atom. The van der Waals surface area contributed by atoms with Gasteiger partial charge in [-0.25, -0.2) is 4.79 Å². The molecule has 1 unspecified atom stereocenters. The van der Waals surface area contributed by atoms with Gasteiger partial charge >= 0.3 is 17.9 Å². The molecule has 0 spiro atoms. The number of esters is 3. The molecule has 0 amide bonds. The second kappa shape index (κ2) is 10.00. The van der Waals surface area contributed by atoms with E-state index in [9.17, 15) is 14.4 Å². The van der Waals surface area contributed by atoms with Crippen LogP contribution in [0, 0.1) is 5.92 Å². The molecule has 0 fully saturated rings. The van der Waals surface area contributed by atoms with Crippen molar-refractivity contribution in [3.8, 4) is 0 Å². The Bertz CT molecular complexity index is 361. The Hall–Kier alpha value is -1.85. The average molecular weight is 286 g/mol. The van der Waals surface area contributed by atoms with Crippen molar-refractivity contribution < 1.29 is 28.6 Å². The highest BCUT2D eigenvalue weighted by molar-refractivity contribution is 5.87. The lowest BCUT2D eigenvalue weighted by Crippen LogP contribution is -2.19. The van der Waals surface area contributed by atoms with Gasteiger partial charge in [0.1, 0.15) is 19.8 Å². The summed E-state index contributed by atoms with van der Waals surface area (Å²) in [6, 6.07) is 0. The minimum atomic E-state index is -0.541. The molecule has 1 atom stereocenters. The van der Waals surface area contributed by atoms with Gasteiger partial charge in [-0.3, -0.25) is 9.59 Å². The van der Waals surface area contributed by atoms with Crippen LogP contribution in [0.3, 0.4) is 0 Å². The van der Waals surface area contributed by atoms with Crippen LogP contribution in [0.5, 0.6) is 0 Å². The van der Waals surface area contributed by atoms with Crippen LogP contribution in [0.25, 0.3) is 0 Å². The molecule has 6 nitrogen and oxygen atoms in total. The Morgan fingerprint density at radius 3 is 2.20 bits per heavy atom. The highest BCUT2D eigenvalue weighted by atomic mass is 16.6. The fourth-order valence-corrected chi connectivity index (χ4v) is 1.03. The first-order valence-corrected chi connectivity index (χ1v) is 6.53. The first kappa shape index (κ1) is 18.1. The Labute approximate surface area is 119 Å². The van der Waals surface area contributed by atoms with Crippen LogP contribution < -0.4 is 0 Å². The minimum absolute atomic E-state index is 0.00452. The van der Waals surface area contributed by atoms with Crippen molar-refractivity contribution >= 4 is 17.9 Å². The highest BCUT2D eigenvalue weighted by Gasteiger charge is 2.12. The average Bonchev–Trinajstić information content (AvgIpc) is 2.41. The van der Waals surface area contributed by atoms with Crippen molar-refractivity contribution in [1.29, 1.82) is 0 Å². The molecule has 0 heterocycles. The van der Waals surface area contributed by atoms with Gasteiger partial charge in [0.25, 0.3) is 0 Å². The van der Waals surface area contributed by atoms with Crippen molar-refractivity contribution in [2.75, 3.05) is 19.8 Å². The maximum Gasteiger partial charge on any atom is 0.333 e. The Morgan fingerprint density at radius 1 is 1.05 bits per heavy atom. The van der Waals surface area contributed by atoms with Gasteiger partial charge < -0.3 is 14.2 Å². The van der Waals surface area contributed by atoms with E-state index in [-0.39, 0.29) is 43.7 Å². The Kier molecular flexibility index (Phi) is 9.07. The third-order valence-corrected chi connectivity index (χ3v) is 2.49. The second-order valence-corrected chi connectivity index (χ2v) is 4.36. The fourth-order valence-electron chi connectivity index (χ4n) is 1.03. The summed E-state index contributed by atoms with van der Waals surface area (Å²) in [4.78, 5) is 33.6. The molecule has 0 bridgehead atoms. The van der Waals surface area contributed by atoms with Gasteiger partial charge in [-0.15, -0.1) is 0 Å². The second-order valence-electron chi connectivity index (χ2n) is 4.36. The van der Waals surface area contributed by atoms with E-state index >= 15 is 0 Å². The van der Waals surface area contributed by atoms with Gasteiger partial charge in [0.2, 0.25) is 0 Å². The van der Waals surface area contributed by atoms with Crippen molar-refractivity contribution in [2.24, 2.45) is 5.92 Å². The van der Waals surface area contributed by atoms with Crippen LogP contribution in [0.1, 0.15) is 33.6 Å². The van der Waals surface area contributed by atoms with Gasteiger partial charge in [0.05, 0.1) is 12.3 Å². The lowest BCUT2D eigenvalue weighted by molar-refractivity contribution is -0.156. The molecular weight excluding hydrogens is 264 g/mol. The largest absolute Gasteiger partial charge is 0.462 e. The third kappa shape index (κ3) is 8.29. The number of carbonyl (C=O) groups excluding carboxylic acids is 3. The van der Waals surface area contributed by atoms with Gasteiger partial charge in [0, 0.05) is 5.57 Å². The van der Waals surface area contributed by atoms with Crippen LogP contribution in [0.4, 0.5) is 0 Å². The Balaban J connectivity index is 3.62. The summed E-state index contributed by atoms with van der Waals surface area (Å²) in [6.07, 6.45) is 0.658. The van der Waals surface area contributed by atoms with Gasteiger partial charge in [-0.1, -0.05) is 20.4 Å². The van der Waals surface area contributed by atoms with Crippen LogP contribution >= 0.6 is 0 Å². The number of carbonyl (C=O) groups is 3. The summed E-state index contributed by atoms with van der Waals surface area (Å²) in [7, 11) is 0. The van der Waals surface area contributed by atoms with Crippen LogP contribution in [-0.4, -0.2) is 37.7 Å². The summed E-state index contributed by atoms with van der Waals surface area (Å²) in [5.74, 6) is -1.52. The maximum absolute atomic E-state index is 11.3. The van der Waals surface area contributed by atoms with E-state index in [0.717, 1.165) is 0 Å². The molecule has 0 aliphatic carbocycles. The predicted octanol–water partition coefficient (Wildman–Crippen LogP) is 1.63. The zero-order chi connectivity index (χ0) is 15.5. The first-order chi connectivity index (χ1) is 9.38. The van der Waals surface area contributed by atoms with Crippen molar-refractivity contribution in [3.63, 3.8) is 0 Å². The molecule has 0 aromatic rings. The zero-order valence-corrected chi connectivity index (χ0v) is 12.3. The van der Waals surface area contributed by atoms with Crippen LogP contribution in [0.15, 0.2) is 12.2 Å². The summed E-state index contributed by atoms with van der Waals surface area (Å²) in [6.45, 7) is 8.55. The lowest BCUT2D eigenvalue weighted by Gasteiger charge is -2.09. The number of hydrogen-bond acceptors (Lipinski definition) is 6. The van der Waals surface area contributed by atoms with Crippen LogP contribution in [0.2, 0.25) is 0 Å². The smallest absolute Gasteiger partial charge is 0.333 e. The van der Waals surface area contributed by atoms with E-state index in [2.05, 4.69) is 6.58 Å². The molecule has 0 aromatic carbocycles. The van der Waals surface area contributed by atoms with Crippen LogP contribution in [-0.2, 0) is 28.6 Å². The molecule has 0 saturated heterocycles. The molecule has 6 heteroatoms. The molecule has 0 saturated carbocycles. The lowest BCUT2D eigenvalue weighted by atomic mass is 10.1. The van der Waals surface area contributed by atoms with Gasteiger partial charge in [-0.05, 0) is 13.3 Å². The summed E-state index contributed by atoms with van der Waals surface area (Å²) < 4.78 is 14.5. The van der Waals surface area contributed by atoms with E-state index in [1.54, 1.807) is 6.92 Å². The number of ether oxygens (including phenoxy) is 3. The zero-order valence-electron chi connectivity index (χ0n) is 12.3. The molecule has 0 N–H and O–H groups in total. The third-order valence-electron chi connectivity index (χ3n) is 2.49. The van der Waals surface area contributed by atoms with E-state index in [4.69, 9.17) is 14.2 Å². The maximum atomic E-state index is 11.3. The molecule has 0 aliphatic heterocycles. The van der Waals surface area contributed by atoms with Crippen molar-refractivity contribution in [3.05, 3.63) is 12.2 Å². The monoisotopic (exact) mass is 286 g/mol. The summed E-state index contributed by atoms with van der Waals surface area (Å²) >= 11 is 0.